The van der Waals surface area contributed by atoms with E-state index in [4.69, 9.17) is 4.42 Å². The highest BCUT2D eigenvalue weighted by Crippen LogP contribution is 2.38. The Morgan fingerprint density at radius 2 is 2.15 bits per heavy atom. The lowest BCUT2D eigenvalue weighted by molar-refractivity contribution is 0.142. The molecule has 1 heterocycles. The maximum Gasteiger partial charge on any atom is 0.122 e. The Balaban J connectivity index is 1.93. The standard InChI is InChI=1S/C17H30N2O/c1-13-9-14(11-17(2,3)10-13)18-12-15(19(4)5)16-7-6-8-20-16/h6-8,13-15,18H,9-12H2,1-5H3. The molecule has 1 aliphatic rings. The molecule has 3 unspecified atom stereocenters. The number of rotatable bonds is 5. The van der Waals surface area contributed by atoms with Gasteiger partial charge in [0, 0.05) is 12.6 Å². The fourth-order valence-corrected chi connectivity index (χ4v) is 3.80. The van der Waals surface area contributed by atoms with Crippen molar-refractivity contribution in [2.45, 2.75) is 52.1 Å². The Labute approximate surface area is 123 Å². The monoisotopic (exact) mass is 278 g/mol. The van der Waals surface area contributed by atoms with E-state index >= 15 is 0 Å². The first kappa shape index (κ1) is 15.6. The zero-order valence-electron chi connectivity index (χ0n) is 13.6. The van der Waals surface area contributed by atoms with Crippen molar-refractivity contribution in [3.05, 3.63) is 24.2 Å². The Morgan fingerprint density at radius 1 is 1.40 bits per heavy atom. The first-order chi connectivity index (χ1) is 9.37. The largest absolute Gasteiger partial charge is 0.468 e. The Hall–Kier alpha value is -0.800. The van der Waals surface area contributed by atoms with E-state index in [0.717, 1.165) is 18.2 Å². The van der Waals surface area contributed by atoms with Gasteiger partial charge in [0.2, 0.25) is 0 Å². The van der Waals surface area contributed by atoms with Crippen molar-refractivity contribution in [3.8, 4) is 0 Å². The molecule has 20 heavy (non-hydrogen) atoms. The van der Waals surface area contributed by atoms with Gasteiger partial charge in [0.1, 0.15) is 5.76 Å². The molecule has 0 aliphatic heterocycles. The molecule has 0 amide bonds. The maximum atomic E-state index is 5.58. The maximum absolute atomic E-state index is 5.58. The number of nitrogens with zero attached hydrogens (tertiary/aromatic N) is 1. The van der Waals surface area contributed by atoms with Gasteiger partial charge in [0.05, 0.1) is 12.3 Å². The molecular weight excluding hydrogens is 248 g/mol. The molecule has 1 fully saturated rings. The van der Waals surface area contributed by atoms with Crippen molar-refractivity contribution in [1.29, 1.82) is 0 Å². The van der Waals surface area contributed by atoms with Crippen molar-refractivity contribution >= 4 is 0 Å². The molecule has 3 atom stereocenters. The SMILES string of the molecule is CC1CC(NCC(c2ccco2)N(C)C)CC(C)(C)C1. The molecule has 0 saturated heterocycles. The van der Waals surface area contributed by atoms with E-state index in [1.54, 1.807) is 6.26 Å². The van der Waals surface area contributed by atoms with Crippen LogP contribution in [-0.2, 0) is 0 Å². The molecule has 1 saturated carbocycles. The van der Waals surface area contributed by atoms with Gasteiger partial charge in [-0.1, -0.05) is 20.8 Å². The topological polar surface area (TPSA) is 28.4 Å². The summed E-state index contributed by atoms with van der Waals surface area (Å²) in [7, 11) is 4.23. The summed E-state index contributed by atoms with van der Waals surface area (Å²) >= 11 is 0. The molecular formula is C17H30N2O. The summed E-state index contributed by atoms with van der Waals surface area (Å²) in [6, 6.07) is 4.98. The minimum absolute atomic E-state index is 0.311. The zero-order valence-corrected chi connectivity index (χ0v) is 13.6. The van der Waals surface area contributed by atoms with Crippen LogP contribution in [0.5, 0.6) is 0 Å². The Bertz CT molecular complexity index is 397. The minimum atomic E-state index is 0.311. The average Bonchev–Trinajstić information content (AvgIpc) is 2.79. The fraction of sp³-hybridized carbons (Fsp3) is 0.765. The van der Waals surface area contributed by atoms with E-state index in [9.17, 15) is 0 Å². The fourth-order valence-electron chi connectivity index (χ4n) is 3.80. The molecule has 3 nitrogen and oxygen atoms in total. The highest BCUT2D eigenvalue weighted by Gasteiger charge is 2.32. The van der Waals surface area contributed by atoms with Crippen LogP contribution < -0.4 is 5.32 Å². The van der Waals surface area contributed by atoms with Crippen LogP contribution in [0.3, 0.4) is 0 Å². The van der Waals surface area contributed by atoms with Crippen molar-refractivity contribution in [2.24, 2.45) is 11.3 Å². The number of furan rings is 1. The van der Waals surface area contributed by atoms with Crippen LogP contribution in [0.1, 0.15) is 51.8 Å². The molecule has 0 bridgehead atoms. The van der Waals surface area contributed by atoms with E-state index in [0.29, 0.717) is 17.5 Å². The summed E-state index contributed by atoms with van der Waals surface area (Å²) in [5, 5.41) is 3.78. The summed E-state index contributed by atoms with van der Waals surface area (Å²) in [5.41, 5.74) is 0.466. The van der Waals surface area contributed by atoms with Crippen molar-refractivity contribution < 1.29 is 4.42 Å². The molecule has 2 rings (SSSR count). The van der Waals surface area contributed by atoms with Gasteiger partial charge in [0.25, 0.3) is 0 Å². The molecule has 114 valence electrons. The van der Waals surface area contributed by atoms with E-state index in [1.165, 1.54) is 19.3 Å². The molecule has 1 aliphatic carbocycles. The predicted octanol–water partition coefficient (Wildman–Crippen LogP) is 3.69. The lowest BCUT2D eigenvalue weighted by atomic mass is 9.70. The lowest BCUT2D eigenvalue weighted by Gasteiger charge is -2.40. The van der Waals surface area contributed by atoms with Gasteiger partial charge in [-0.2, -0.15) is 0 Å². The molecule has 1 aromatic heterocycles. The van der Waals surface area contributed by atoms with E-state index < -0.39 is 0 Å². The van der Waals surface area contributed by atoms with Crippen LogP contribution in [0.25, 0.3) is 0 Å². The summed E-state index contributed by atoms with van der Waals surface area (Å²) < 4.78 is 5.58. The molecule has 1 N–H and O–H groups in total. The van der Waals surface area contributed by atoms with E-state index in [1.807, 2.05) is 6.07 Å². The highest BCUT2D eigenvalue weighted by molar-refractivity contribution is 5.05. The number of hydrogen-bond donors (Lipinski definition) is 1. The Kier molecular flexibility index (Phi) is 4.92. The summed E-state index contributed by atoms with van der Waals surface area (Å²) in [6.45, 7) is 8.13. The van der Waals surface area contributed by atoms with Crippen LogP contribution >= 0.6 is 0 Å². The summed E-state index contributed by atoms with van der Waals surface area (Å²) in [4.78, 5) is 2.23. The van der Waals surface area contributed by atoms with E-state index in [-0.39, 0.29) is 0 Å². The van der Waals surface area contributed by atoms with Crippen LogP contribution in [0.2, 0.25) is 0 Å². The second kappa shape index (κ2) is 6.31. The van der Waals surface area contributed by atoms with Gasteiger partial charge >= 0.3 is 0 Å². The van der Waals surface area contributed by atoms with Crippen LogP contribution in [0.15, 0.2) is 22.8 Å². The summed E-state index contributed by atoms with van der Waals surface area (Å²) in [6.07, 6.45) is 5.68. The van der Waals surface area contributed by atoms with Gasteiger partial charge < -0.3 is 9.73 Å². The minimum Gasteiger partial charge on any atom is -0.468 e. The summed E-state index contributed by atoms with van der Waals surface area (Å²) in [5.74, 6) is 1.86. The number of likely N-dealkylation sites (N-methyl/N-ethyl adjacent to an activating group) is 1. The van der Waals surface area contributed by atoms with Crippen molar-refractivity contribution in [1.82, 2.24) is 10.2 Å². The third-order valence-electron chi connectivity index (χ3n) is 4.48. The molecule has 0 radical (unpaired) electrons. The van der Waals surface area contributed by atoms with Crippen molar-refractivity contribution in [3.63, 3.8) is 0 Å². The quantitative estimate of drug-likeness (QED) is 0.890. The van der Waals surface area contributed by atoms with Gasteiger partial charge in [-0.05, 0) is 56.8 Å². The van der Waals surface area contributed by atoms with Crippen LogP contribution in [-0.4, -0.2) is 31.6 Å². The lowest BCUT2D eigenvalue weighted by Crippen LogP contribution is -2.43. The zero-order chi connectivity index (χ0) is 14.8. The normalized spacial score (nSPS) is 27.7. The van der Waals surface area contributed by atoms with Gasteiger partial charge in [-0.3, -0.25) is 4.90 Å². The van der Waals surface area contributed by atoms with Gasteiger partial charge in [-0.15, -0.1) is 0 Å². The third kappa shape index (κ3) is 4.10. The second-order valence-corrected chi connectivity index (χ2v) is 7.51. The third-order valence-corrected chi connectivity index (χ3v) is 4.48. The second-order valence-electron chi connectivity index (χ2n) is 7.51. The first-order valence-electron chi connectivity index (χ1n) is 7.80. The molecule has 0 spiro atoms. The number of hydrogen-bond acceptors (Lipinski definition) is 3. The average molecular weight is 278 g/mol. The Morgan fingerprint density at radius 3 is 2.70 bits per heavy atom. The molecule has 0 aromatic carbocycles. The van der Waals surface area contributed by atoms with Gasteiger partial charge in [0.15, 0.2) is 0 Å². The smallest absolute Gasteiger partial charge is 0.122 e. The number of nitrogens with one attached hydrogen (secondary N) is 1. The van der Waals surface area contributed by atoms with E-state index in [2.05, 4.69) is 51.1 Å². The van der Waals surface area contributed by atoms with Crippen molar-refractivity contribution in [2.75, 3.05) is 20.6 Å². The highest BCUT2D eigenvalue weighted by atomic mass is 16.3. The van der Waals surface area contributed by atoms with Crippen LogP contribution in [0, 0.1) is 11.3 Å². The van der Waals surface area contributed by atoms with Crippen LogP contribution in [0.4, 0.5) is 0 Å². The molecule has 1 aromatic rings. The first-order valence-corrected chi connectivity index (χ1v) is 7.80. The predicted molar refractivity (Wildman–Crippen MR) is 83.7 cm³/mol. The molecule has 3 heteroatoms. The van der Waals surface area contributed by atoms with Gasteiger partial charge in [-0.25, -0.2) is 0 Å².